The molecule has 0 spiro atoms. The predicted molar refractivity (Wildman–Crippen MR) is 134 cm³/mol. The van der Waals surface area contributed by atoms with Crippen LogP contribution in [0.25, 0.3) is 0 Å². The summed E-state index contributed by atoms with van der Waals surface area (Å²) in [6.45, 7) is 1.40. The summed E-state index contributed by atoms with van der Waals surface area (Å²) >= 11 is 0. The minimum Gasteiger partial charge on any atom is -0.330 e. The second-order valence-corrected chi connectivity index (χ2v) is 10.2. The number of alkyl halides is 6. The number of hydrogen-bond acceptors (Lipinski definition) is 2. The normalized spacial score (nSPS) is 13.0. The molecule has 0 aromatic heterocycles. The molecular formula is C27H52F6N2. The Morgan fingerprint density at radius 2 is 0.514 bits per heavy atom. The van der Waals surface area contributed by atoms with E-state index in [9.17, 15) is 26.3 Å². The molecule has 0 aliphatic carbocycles. The molecule has 0 radical (unpaired) electrons. The van der Waals surface area contributed by atoms with Crippen LogP contribution in [0, 0.1) is 5.41 Å². The highest BCUT2D eigenvalue weighted by Gasteiger charge is 2.69. The Kier molecular flexibility index (Phi) is 20.3. The number of nitrogens with two attached hydrogens (primary N) is 2. The minimum absolute atomic E-state index is 0.0281. The fraction of sp³-hybridized carbons (Fsp3) is 1.00. The molecule has 8 heteroatoms. The van der Waals surface area contributed by atoms with Crippen molar-refractivity contribution in [2.24, 2.45) is 16.9 Å². The van der Waals surface area contributed by atoms with Crippen LogP contribution >= 0.6 is 0 Å². The van der Waals surface area contributed by atoms with Crippen LogP contribution in [0.2, 0.25) is 0 Å². The van der Waals surface area contributed by atoms with Crippen LogP contribution < -0.4 is 11.5 Å². The topological polar surface area (TPSA) is 52.0 Å². The first-order valence-electron chi connectivity index (χ1n) is 14.2. The van der Waals surface area contributed by atoms with Gasteiger partial charge in [-0.05, 0) is 38.8 Å². The Morgan fingerprint density at radius 3 is 0.714 bits per heavy atom. The van der Waals surface area contributed by atoms with Crippen LogP contribution in [0.3, 0.4) is 0 Å². The summed E-state index contributed by atoms with van der Waals surface area (Å²) < 4.78 is 82.5. The van der Waals surface area contributed by atoms with E-state index in [1.54, 1.807) is 0 Å². The van der Waals surface area contributed by atoms with E-state index < -0.39 is 30.6 Å². The van der Waals surface area contributed by atoms with E-state index in [-0.39, 0.29) is 12.8 Å². The molecule has 0 aromatic carbocycles. The van der Waals surface area contributed by atoms with E-state index in [1.165, 1.54) is 0 Å². The lowest BCUT2D eigenvalue weighted by molar-refractivity contribution is -0.346. The van der Waals surface area contributed by atoms with Crippen LogP contribution in [0.4, 0.5) is 26.3 Å². The lowest BCUT2D eigenvalue weighted by atomic mass is 9.76. The highest BCUT2D eigenvalue weighted by Crippen LogP contribution is 2.56. The summed E-state index contributed by atoms with van der Waals surface area (Å²) in [5, 5.41) is 0. The van der Waals surface area contributed by atoms with E-state index in [0.717, 1.165) is 89.9 Å². The zero-order chi connectivity index (χ0) is 26.5. The molecule has 0 amide bonds. The molecule has 0 rings (SSSR count). The molecule has 0 unspecified atom stereocenters. The molecule has 0 aliphatic heterocycles. The van der Waals surface area contributed by atoms with Crippen LogP contribution in [0.15, 0.2) is 0 Å². The van der Waals surface area contributed by atoms with Crippen molar-refractivity contribution in [2.75, 3.05) is 13.1 Å². The Hall–Kier alpha value is -0.500. The second kappa shape index (κ2) is 20.5. The van der Waals surface area contributed by atoms with Crippen molar-refractivity contribution >= 4 is 0 Å². The SMILES string of the molecule is NCCCCCCCCCCCCC(CCCCCCCCCCCCN)(C(F)(F)F)C(F)(F)F. The fourth-order valence-electron chi connectivity index (χ4n) is 4.82. The van der Waals surface area contributed by atoms with Gasteiger partial charge in [-0.3, -0.25) is 0 Å². The predicted octanol–water partition coefficient (Wildman–Crippen LogP) is 9.60. The van der Waals surface area contributed by atoms with Gasteiger partial charge in [-0.1, -0.05) is 116 Å². The molecule has 2 nitrogen and oxygen atoms in total. The maximum absolute atomic E-state index is 13.7. The van der Waals surface area contributed by atoms with Crippen LogP contribution in [0.5, 0.6) is 0 Å². The lowest BCUT2D eigenvalue weighted by Gasteiger charge is -2.37. The van der Waals surface area contributed by atoms with Gasteiger partial charge in [0.15, 0.2) is 5.41 Å². The third-order valence-electron chi connectivity index (χ3n) is 7.20. The van der Waals surface area contributed by atoms with Gasteiger partial charge >= 0.3 is 12.4 Å². The summed E-state index contributed by atoms with van der Waals surface area (Å²) in [4.78, 5) is 0. The first-order valence-corrected chi connectivity index (χ1v) is 14.2. The number of rotatable bonds is 24. The summed E-state index contributed by atoms with van der Waals surface area (Å²) in [6.07, 6.45) is 4.56. The van der Waals surface area contributed by atoms with Gasteiger partial charge < -0.3 is 11.5 Å². The standard InChI is InChI=1S/C27H52F6N2/c28-26(29,30)25(27(31,32)33,21-17-13-9-5-1-3-7-11-15-19-23-34)22-18-14-10-6-2-4-8-12-16-20-24-35/h1-24,34-35H2. The highest BCUT2D eigenvalue weighted by atomic mass is 19.4. The maximum Gasteiger partial charge on any atom is 0.403 e. The van der Waals surface area contributed by atoms with Crippen molar-refractivity contribution in [3.63, 3.8) is 0 Å². The average Bonchev–Trinajstić information content (AvgIpc) is 2.78. The lowest BCUT2D eigenvalue weighted by Crippen LogP contribution is -2.50. The molecule has 0 heterocycles. The third kappa shape index (κ3) is 16.1. The third-order valence-corrected chi connectivity index (χ3v) is 7.20. The molecule has 35 heavy (non-hydrogen) atoms. The van der Waals surface area contributed by atoms with Crippen molar-refractivity contribution < 1.29 is 26.3 Å². The smallest absolute Gasteiger partial charge is 0.330 e. The fourth-order valence-corrected chi connectivity index (χ4v) is 4.82. The Labute approximate surface area is 210 Å². The van der Waals surface area contributed by atoms with E-state index in [2.05, 4.69) is 0 Å². The molecule has 0 bridgehead atoms. The van der Waals surface area contributed by atoms with Gasteiger partial charge in [0.05, 0.1) is 0 Å². The van der Waals surface area contributed by atoms with Gasteiger partial charge in [0, 0.05) is 0 Å². The molecule has 0 aromatic rings. The monoisotopic (exact) mass is 518 g/mol. The highest BCUT2D eigenvalue weighted by molar-refractivity contribution is 4.93. The Bertz CT molecular complexity index is 424. The molecule has 0 saturated carbocycles. The van der Waals surface area contributed by atoms with Gasteiger partial charge in [0.25, 0.3) is 0 Å². The summed E-state index contributed by atoms with van der Waals surface area (Å²) in [6, 6.07) is 0. The largest absolute Gasteiger partial charge is 0.403 e. The van der Waals surface area contributed by atoms with Gasteiger partial charge in [-0.2, -0.15) is 26.3 Å². The van der Waals surface area contributed by atoms with Gasteiger partial charge in [0.2, 0.25) is 0 Å². The first-order chi connectivity index (χ1) is 16.6. The Morgan fingerprint density at radius 1 is 0.314 bits per heavy atom. The quantitative estimate of drug-likeness (QED) is 0.0987. The summed E-state index contributed by atoms with van der Waals surface area (Å²) in [5.74, 6) is 0. The van der Waals surface area contributed by atoms with Crippen molar-refractivity contribution in [1.29, 1.82) is 0 Å². The maximum atomic E-state index is 13.7. The number of unbranched alkanes of at least 4 members (excludes halogenated alkanes) is 18. The average molecular weight is 519 g/mol. The van der Waals surface area contributed by atoms with Gasteiger partial charge in [-0.15, -0.1) is 0 Å². The van der Waals surface area contributed by atoms with E-state index in [1.807, 2.05) is 0 Å². The van der Waals surface area contributed by atoms with Crippen molar-refractivity contribution in [2.45, 2.75) is 154 Å². The Balaban J connectivity index is 4.28. The molecule has 0 saturated heterocycles. The molecule has 0 atom stereocenters. The van der Waals surface area contributed by atoms with E-state index in [4.69, 9.17) is 11.5 Å². The van der Waals surface area contributed by atoms with Crippen LogP contribution in [-0.2, 0) is 0 Å². The van der Waals surface area contributed by atoms with Crippen LogP contribution in [-0.4, -0.2) is 25.4 Å². The van der Waals surface area contributed by atoms with Crippen LogP contribution in [0.1, 0.15) is 141 Å². The molecule has 0 fully saturated rings. The van der Waals surface area contributed by atoms with E-state index >= 15 is 0 Å². The van der Waals surface area contributed by atoms with Crippen molar-refractivity contribution in [1.82, 2.24) is 0 Å². The molecule has 0 aliphatic rings. The van der Waals surface area contributed by atoms with Crippen molar-refractivity contribution in [3.05, 3.63) is 0 Å². The molecular weight excluding hydrogens is 466 g/mol. The zero-order valence-electron chi connectivity index (χ0n) is 21.9. The summed E-state index contributed by atoms with van der Waals surface area (Å²) in [5.41, 5.74) is 7.34. The van der Waals surface area contributed by atoms with Crippen molar-refractivity contribution in [3.8, 4) is 0 Å². The number of halogens is 6. The summed E-state index contributed by atoms with van der Waals surface area (Å²) in [7, 11) is 0. The minimum atomic E-state index is -5.27. The number of hydrogen-bond donors (Lipinski definition) is 2. The van der Waals surface area contributed by atoms with Gasteiger partial charge in [0.1, 0.15) is 0 Å². The first kappa shape index (κ1) is 34.5. The van der Waals surface area contributed by atoms with Gasteiger partial charge in [-0.25, -0.2) is 0 Å². The second-order valence-electron chi connectivity index (χ2n) is 10.2. The molecule has 212 valence electrons. The molecule has 4 N–H and O–H groups in total. The van der Waals surface area contributed by atoms with E-state index in [0.29, 0.717) is 38.8 Å². The zero-order valence-corrected chi connectivity index (χ0v) is 21.9.